The maximum atomic E-state index is 13.1. The summed E-state index contributed by atoms with van der Waals surface area (Å²) in [6.45, 7) is 0. The molecule has 4 aromatic carbocycles. The van der Waals surface area contributed by atoms with Gasteiger partial charge < -0.3 is 19.6 Å². The number of nitrogens with zero attached hydrogens (tertiary/aromatic N) is 4. The molecule has 41 heavy (non-hydrogen) atoms. The van der Waals surface area contributed by atoms with Gasteiger partial charge in [-0.05, 0) is 59.3 Å². The van der Waals surface area contributed by atoms with Crippen LogP contribution in [0.15, 0.2) is 97.2 Å². The Balaban J connectivity index is 1.15. The van der Waals surface area contributed by atoms with Gasteiger partial charge >= 0.3 is 6.18 Å². The number of H-pyrrole nitrogens is 1. The summed E-state index contributed by atoms with van der Waals surface area (Å²) in [4.78, 5) is 17.1. The SMILES string of the molecule is Cn1c(Nc2cccc(C(F)(F)F)c2)nc2cc(Oc3ccnc(-c4nc5cc6ccccc6cc5[nH]4)c3)ccc21. The van der Waals surface area contributed by atoms with Gasteiger partial charge in [-0.1, -0.05) is 30.3 Å². The number of imidazole rings is 2. The van der Waals surface area contributed by atoms with E-state index in [0.29, 0.717) is 34.5 Å². The summed E-state index contributed by atoms with van der Waals surface area (Å²) >= 11 is 0. The van der Waals surface area contributed by atoms with Gasteiger partial charge in [0.05, 0.1) is 27.6 Å². The van der Waals surface area contributed by atoms with Crippen molar-refractivity contribution in [3.05, 3.63) is 103 Å². The fourth-order valence-corrected chi connectivity index (χ4v) is 4.82. The maximum absolute atomic E-state index is 13.1. The van der Waals surface area contributed by atoms with E-state index in [9.17, 15) is 13.2 Å². The number of fused-ring (bicyclic) bond motifs is 3. The molecule has 0 spiro atoms. The van der Waals surface area contributed by atoms with E-state index in [1.807, 2.05) is 30.3 Å². The van der Waals surface area contributed by atoms with Crippen molar-refractivity contribution in [2.75, 3.05) is 5.32 Å². The fourth-order valence-electron chi connectivity index (χ4n) is 4.82. The second-order valence-electron chi connectivity index (χ2n) is 9.63. The van der Waals surface area contributed by atoms with Crippen LogP contribution in [0.4, 0.5) is 24.8 Å². The zero-order valence-corrected chi connectivity index (χ0v) is 21.6. The fraction of sp³-hybridized carbons (Fsp3) is 0.0645. The largest absolute Gasteiger partial charge is 0.457 e. The second-order valence-corrected chi connectivity index (χ2v) is 9.63. The van der Waals surface area contributed by atoms with Crippen molar-refractivity contribution < 1.29 is 17.9 Å². The number of nitrogens with one attached hydrogen (secondary N) is 2. The van der Waals surface area contributed by atoms with Crippen LogP contribution in [-0.4, -0.2) is 24.5 Å². The maximum Gasteiger partial charge on any atom is 0.416 e. The van der Waals surface area contributed by atoms with Crippen LogP contribution in [-0.2, 0) is 13.2 Å². The summed E-state index contributed by atoms with van der Waals surface area (Å²) in [5.74, 6) is 2.15. The standard InChI is InChI=1S/C31H21F3N6O/c1-40-28-10-9-22(16-26(28)39-30(40)36-21-8-4-7-20(15-21)31(32,33)34)41-23-11-12-35-27(17-23)29-37-24-13-18-5-2-3-6-19(18)14-25(24)38-29/h2-17H,1H3,(H,36,39)(H,37,38). The molecule has 0 aliphatic heterocycles. The third-order valence-electron chi connectivity index (χ3n) is 6.86. The first-order valence-corrected chi connectivity index (χ1v) is 12.7. The number of aromatic amines is 1. The Morgan fingerprint density at radius 3 is 2.44 bits per heavy atom. The Morgan fingerprint density at radius 1 is 0.805 bits per heavy atom. The second kappa shape index (κ2) is 9.37. The van der Waals surface area contributed by atoms with Crippen LogP contribution >= 0.6 is 0 Å². The number of aromatic nitrogens is 5. The number of halogens is 3. The molecular formula is C31H21F3N6O. The van der Waals surface area contributed by atoms with Gasteiger partial charge in [0.15, 0.2) is 5.82 Å². The van der Waals surface area contributed by atoms with Crippen molar-refractivity contribution in [2.45, 2.75) is 6.18 Å². The zero-order chi connectivity index (χ0) is 28.1. The Bertz CT molecular complexity index is 2030. The molecule has 0 bridgehead atoms. The molecule has 10 heteroatoms. The van der Waals surface area contributed by atoms with Crippen molar-refractivity contribution in [3.8, 4) is 23.0 Å². The first-order valence-electron chi connectivity index (χ1n) is 12.7. The molecule has 3 aromatic heterocycles. The van der Waals surface area contributed by atoms with Crippen LogP contribution < -0.4 is 10.1 Å². The van der Waals surface area contributed by atoms with Gasteiger partial charge in [0.25, 0.3) is 0 Å². The quantitative estimate of drug-likeness (QED) is 0.226. The predicted octanol–water partition coefficient (Wildman–Crippen LogP) is 8.22. The molecule has 0 atom stereocenters. The monoisotopic (exact) mass is 550 g/mol. The minimum absolute atomic E-state index is 0.290. The van der Waals surface area contributed by atoms with Crippen molar-refractivity contribution in [1.29, 1.82) is 0 Å². The van der Waals surface area contributed by atoms with E-state index in [1.54, 1.807) is 42.1 Å². The Morgan fingerprint density at radius 2 is 1.61 bits per heavy atom. The molecule has 0 fully saturated rings. The average molecular weight is 551 g/mol. The molecule has 3 heterocycles. The molecule has 7 aromatic rings. The number of hydrogen-bond donors (Lipinski definition) is 2. The molecule has 0 aliphatic carbocycles. The van der Waals surface area contributed by atoms with Gasteiger partial charge in [-0.15, -0.1) is 0 Å². The summed E-state index contributed by atoms with van der Waals surface area (Å²) in [7, 11) is 1.79. The van der Waals surface area contributed by atoms with Crippen LogP contribution in [0.3, 0.4) is 0 Å². The number of benzene rings is 4. The van der Waals surface area contributed by atoms with E-state index in [0.717, 1.165) is 39.5 Å². The smallest absolute Gasteiger partial charge is 0.416 e. The van der Waals surface area contributed by atoms with Crippen LogP contribution in [0.25, 0.3) is 44.4 Å². The number of alkyl halides is 3. The molecule has 0 amide bonds. The molecule has 0 radical (unpaired) electrons. The molecule has 0 aliphatic rings. The number of hydrogen-bond acceptors (Lipinski definition) is 5. The number of pyridine rings is 1. The van der Waals surface area contributed by atoms with Gasteiger partial charge in [0, 0.05) is 31.1 Å². The topological polar surface area (TPSA) is 80.7 Å². The lowest BCUT2D eigenvalue weighted by Gasteiger charge is -2.10. The average Bonchev–Trinajstić information content (AvgIpc) is 3.51. The Hall–Kier alpha value is -5.38. The summed E-state index contributed by atoms with van der Waals surface area (Å²) in [5, 5.41) is 5.22. The molecule has 7 nitrogen and oxygen atoms in total. The first-order chi connectivity index (χ1) is 19.8. The molecule has 202 valence electrons. The van der Waals surface area contributed by atoms with Crippen molar-refractivity contribution in [2.24, 2.45) is 7.05 Å². The minimum Gasteiger partial charge on any atom is -0.457 e. The predicted molar refractivity (Wildman–Crippen MR) is 152 cm³/mol. The van der Waals surface area contributed by atoms with E-state index >= 15 is 0 Å². The highest BCUT2D eigenvalue weighted by molar-refractivity contribution is 5.96. The number of rotatable bonds is 5. The zero-order valence-electron chi connectivity index (χ0n) is 21.6. The van der Waals surface area contributed by atoms with Crippen molar-refractivity contribution in [3.63, 3.8) is 0 Å². The lowest BCUT2D eigenvalue weighted by Crippen LogP contribution is -2.06. The summed E-state index contributed by atoms with van der Waals surface area (Å²) in [6, 6.07) is 26.2. The van der Waals surface area contributed by atoms with Crippen molar-refractivity contribution in [1.82, 2.24) is 24.5 Å². The Kier molecular flexibility index (Phi) is 5.63. The molecule has 2 N–H and O–H groups in total. The van der Waals surface area contributed by atoms with Gasteiger partial charge in [0.1, 0.15) is 17.2 Å². The lowest BCUT2D eigenvalue weighted by atomic mass is 10.1. The summed E-state index contributed by atoms with van der Waals surface area (Å²) in [6.07, 6.45) is -2.77. The van der Waals surface area contributed by atoms with Gasteiger partial charge in [0.2, 0.25) is 5.95 Å². The normalized spacial score (nSPS) is 11.9. The molecular weight excluding hydrogens is 529 g/mol. The summed E-state index contributed by atoms with van der Waals surface area (Å²) < 4.78 is 47.3. The highest BCUT2D eigenvalue weighted by Gasteiger charge is 2.30. The summed E-state index contributed by atoms with van der Waals surface area (Å²) in [5.41, 5.74) is 3.37. The molecule has 0 saturated carbocycles. The third-order valence-corrected chi connectivity index (χ3v) is 6.86. The molecule has 0 saturated heterocycles. The van der Waals surface area contributed by atoms with Crippen molar-refractivity contribution >= 4 is 44.5 Å². The first kappa shape index (κ1) is 24.6. The third kappa shape index (κ3) is 4.69. The van der Waals surface area contributed by atoms with E-state index in [1.165, 1.54) is 6.07 Å². The number of ether oxygens (including phenoxy) is 1. The van der Waals surface area contributed by atoms with E-state index < -0.39 is 11.7 Å². The highest BCUT2D eigenvalue weighted by Crippen LogP contribution is 2.33. The number of anilines is 2. The van der Waals surface area contributed by atoms with Gasteiger partial charge in [-0.3, -0.25) is 4.98 Å². The minimum atomic E-state index is -4.43. The van der Waals surface area contributed by atoms with Crippen LogP contribution in [0.1, 0.15) is 5.56 Å². The highest BCUT2D eigenvalue weighted by atomic mass is 19.4. The van der Waals surface area contributed by atoms with E-state index in [-0.39, 0.29) is 5.69 Å². The van der Waals surface area contributed by atoms with Gasteiger partial charge in [-0.2, -0.15) is 13.2 Å². The number of aryl methyl sites for hydroxylation is 1. The van der Waals surface area contributed by atoms with Crippen LogP contribution in [0.2, 0.25) is 0 Å². The molecule has 0 unspecified atom stereocenters. The Labute approximate surface area is 231 Å². The van der Waals surface area contributed by atoms with Crippen LogP contribution in [0.5, 0.6) is 11.5 Å². The van der Waals surface area contributed by atoms with E-state index in [4.69, 9.17) is 9.72 Å². The lowest BCUT2D eigenvalue weighted by molar-refractivity contribution is -0.137. The van der Waals surface area contributed by atoms with Crippen LogP contribution in [0, 0.1) is 0 Å². The van der Waals surface area contributed by atoms with Gasteiger partial charge in [-0.25, -0.2) is 9.97 Å². The molecule has 7 rings (SSSR count). The van der Waals surface area contributed by atoms with E-state index in [2.05, 4.69) is 38.5 Å².